The maximum Gasteiger partial charge on any atom is 0.323 e. The molecule has 0 radical (unpaired) electrons. The molecule has 0 aliphatic carbocycles. The molecule has 0 spiro atoms. The Hall–Kier alpha value is -1.28. The fraction of sp³-hybridized carbons (Fsp3) is 0.417. The van der Waals surface area contributed by atoms with Crippen molar-refractivity contribution in [2.24, 2.45) is 0 Å². The Labute approximate surface area is 124 Å². The summed E-state index contributed by atoms with van der Waals surface area (Å²) in [5, 5.41) is 3.34. The maximum absolute atomic E-state index is 11.4. The van der Waals surface area contributed by atoms with Crippen LogP contribution in [-0.2, 0) is 9.84 Å². The minimum Gasteiger partial charge on any atom is -0.381 e. The average Bonchev–Trinajstić information content (AvgIpc) is 2.71. The number of benzene rings is 1. The maximum atomic E-state index is 11.4. The second-order valence-corrected chi connectivity index (χ2v) is 8.19. The number of H-pyrrole nitrogens is 2. The number of fused-ring (bicyclic) bond motifs is 1. The van der Waals surface area contributed by atoms with Crippen LogP contribution in [0.15, 0.2) is 21.4 Å². The number of rotatable bonds is 2. The number of imidazole rings is 1. The monoisotopic (exact) mass is 359 g/mol. The zero-order valence-corrected chi connectivity index (χ0v) is 13.0. The van der Waals surface area contributed by atoms with Gasteiger partial charge < -0.3 is 15.3 Å². The van der Waals surface area contributed by atoms with E-state index in [-0.39, 0.29) is 23.2 Å². The van der Waals surface area contributed by atoms with Crippen LogP contribution in [0, 0.1) is 0 Å². The number of anilines is 1. The second-order valence-electron chi connectivity index (χ2n) is 5.03. The van der Waals surface area contributed by atoms with Gasteiger partial charge in [-0.25, -0.2) is 13.2 Å². The van der Waals surface area contributed by atoms with Gasteiger partial charge in [0.05, 0.1) is 28.2 Å². The van der Waals surface area contributed by atoms with Crippen LogP contribution >= 0.6 is 15.9 Å². The van der Waals surface area contributed by atoms with Gasteiger partial charge in [0, 0.05) is 10.5 Å². The molecule has 1 aliphatic heterocycles. The van der Waals surface area contributed by atoms with E-state index in [4.69, 9.17) is 0 Å². The molecule has 0 bridgehead atoms. The van der Waals surface area contributed by atoms with E-state index >= 15 is 0 Å². The van der Waals surface area contributed by atoms with E-state index in [9.17, 15) is 13.2 Å². The van der Waals surface area contributed by atoms with Crippen LogP contribution in [0.4, 0.5) is 5.69 Å². The molecule has 8 heteroatoms. The smallest absolute Gasteiger partial charge is 0.323 e. The third-order valence-electron chi connectivity index (χ3n) is 3.52. The van der Waals surface area contributed by atoms with E-state index in [2.05, 4.69) is 31.2 Å². The molecule has 0 atom stereocenters. The van der Waals surface area contributed by atoms with Crippen molar-refractivity contribution in [3.63, 3.8) is 0 Å². The molecule has 0 unspecified atom stereocenters. The van der Waals surface area contributed by atoms with Crippen molar-refractivity contribution in [3.8, 4) is 0 Å². The fourth-order valence-corrected chi connectivity index (χ4v) is 4.37. The third-order valence-corrected chi connectivity index (χ3v) is 5.89. The highest BCUT2D eigenvalue weighted by molar-refractivity contribution is 9.10. The topological polar surface area (TPSA) is 94.8 Å². The molecule has 1 aliphatic rings. The molecule has 108 valence electrons. The Morgan fingerprint density at radius 1 is 1.15 bits per heavy atom. The number of nitrogens with one attached hydrogen (secondary N) is 3. The van der Waals surface area contributed by atoms with E-state index in [1.54, 1.807) is 0 Å². The number of sulfone groups is 1. The largest absolute Gasteiger partial charge is 0.381 e. The molecule has 2 heterocycles. The quantitative estimate of drug-likeness (QED) is 0.758. The van der Waals surface area contributed by atoms with Gasteiger partial charge in [0.1, 0.15) is 9.84 Å². The lowest BCUT2D eigenvalue weighted by Gasteiger charge is -2.24. The summed E-state index contributed by atoms with van der Waals surface area (Å²) in [4.78, 5) is 16.7. The molecular formula is C12H14BrN3O3S. The number of hydrogen-bond donors (Lipinski definition) is 3. The summed E-state index contributed by atoms with van der Waals surface area (Å²) in [7, 11) is -2.85. The molecule has 3 rings (SSSR count). The van der Waals surface area contributed by atoms with Gasteiger partial charge in [-0.3, -0.25) is 0 Å². The van der Waals surface area contributed by atoms with Gasteiger partial charge in [-0.15, -0.1) is 0 Å². The van der Waals surface area contributed by atoms with Gasteiger partial charge in [-0.2, -0.15) is 0 Å². The molecule has 1 aromatic carbocycles. The van der Waals surface area contributed by atoms with E-state index in [0.29, 0.717) is 12.8 Å². The summed E-state index contributed by atoms with van der Waals surface area (Å²) in [5.41, 5.74) is 2.08. The molecule has 3 N–H and O–H groups in total. The first kappa shape index (κ1) is 13.7. The van der Waals surface area contributed by atoms with Crippen molar-refractivity contribution in [3.05, 3.63) is 27.1 Å². The lowest BCUT2D eigenvalue weighted by atomic mass is 10.1. The molecular weight excluding hydrogens is 346 g/mol. The number of hydrogen-bond acceptors (Lipinski definition) is 4. The molecule has 2 aromatic rings. The predicted molar refractivity (Wildman–Crippen MR) is 81.9 cm³/mol. The van der Waals surface area contributed by atoms with Crippen LogP contribution in [0.5, 0.6) is 0 Å². The van der Waals surface area contributed by atoms with Crippen molar-refractivity contribution in [1.82, 2.24) is 9.97 Å². The molecule has 20 heavy (non-hydrogen) atoms. The average molecular weight is 360 g/mol. The number of aromatic nitrogens is 2. The van der Waals surface area contributed by atoms with E-state index in [1.807, 2.05) is 12.1 Å². The minimum absolute atomic E-state index is 0.137. The Kier molecular flexibility index (Phi) is 3.37. The molecule has 0 amide bonds. The van der Waals surface area contributed by atoms with Crippen molar-refractivity contribution in [2.45, 2.75) is 18.9 Å². The Morgan fingerprint density at radius 2 is 1.75 bits per heavy atom. The van der Waals surface area contributed by atoms with Crippen LogP contribution in [0.1, 0.15) is 12.8 Å². The first-order valence-corrected chi connectivity index (χ1v) is 8.93. The van der Waals surface area contributed by atoms with E-state index in [1.165, 1.54) is 0 Å². The summed E-state index contributed by atoms with van der Waals surface area (Å²) in [6.45, 7) is 0. The fourth-order valence-electron chi connectivity index (χ4n) is 2.42. The molecule has 1 saturated heterocycles. The highest BCUT2D eigenvalue weighted by atomic mass is 79.9. The lowest BCUT2D eigenvalue weighted by molar-refractivity contribution is 0.559. The lowest BCUT2D eigenvalue weighted by Crippen LogP contribution is -2.32. The zero-order chi connectivity index (χ0) is 14.3. The third kappa shape index (κ3) is 2.76. The van der Waals surface area contributed by atoms with Crippen LogP contribution < -0.4 is 11.0 Å². The molecule has 0 saturated carbocycles. The van der Waals surface area contributed by atoms with Gasteiger partial charge in [0.15, 0.2) is 0 Å². The van der Waals surface area contributed by atoms with Crippen LogP contribution in [0.2, 0.25) is 0 Å². The SMILES string of the molecule is O=c1[nH]c2cc(Br)c(NC3CCS(=O)(=O)CC3)cc2[nH]1. The van der Waals surface area contributed by atoms with Crippen molar-refractivity contribution < 1.29 is 8.42 Å². The van der Waals surface area contributed by atoms with Gasteiger partial charge in [0.2, 0.25) is 0 Å². The molecule has 6 nitrogen and oxygen atoms in total. The second kappa shape index (κ2) is 4.92. The Bertz CT molecular complexity index is 795. The van der Waals surface area contributed by atoms with Crippen molar-refractivity contribution in [2.75, 3.05) is 16.8 Å². The van der Waals surface area contributed by atoms with E-state index in [0.717, 1.165) is 21.2 Å². The van der Waals surface area contributed by atoms with Gasteiger partial charge in [-0.1, -0.05) is 0 Å². The first-order valence-electron chi connectivity index (χ1n) is 6.31. The van der Waals surface area contributed by atoms with Gasteiger partial charge in [-0.05, 0) is 40.9 Å². The highest BCUT2D eigenvalue weighted by Crippen LogP contribution is 2.28. The Balaban J connectivity index is 1.84. The first-order chi connectivity index (χ1) is 9.43. The van der Waals surface area contributed by atoms with Crippen LogP contribution in [-0.4, -0.2) is 35.9 Å². The molecule has 1 aromatic heterocycles. The molecule has 1 fully saturated rings. The summed E-state index contributed by atoms with van der Waals surface area (Å²) >= 11 is 3.46. The summed E-state index contributed by atoms with van der Waals surface area (Å²) in [6.07, 6.45) is 1.22. The summed E-state index contributed by atoms with van der Waals surface area (Å²) < 4.78 is 23.7. The number of halogens is 1. The predicted octanol–water partition coefficient (Wildman–Crippen LogP) is 1.61. The normalized spacial score (nSPS) is 19.2. The van der Waals surface area contributed by atoms with Gasteiger partial charge >= 0.3 is 5.69 Å². The van der Waals surface area contributed by atoms with Crippen molar-refractivity contribution >= 4 is 42.5 Å². The van der Waals surface area contributed by atoms with Gasteiger partial charge in [0.25, 0.3) is 0 Å². The zero-order valence-electron chi connectivity index (χ0n) is 10.6. The minimum atomic E-state index is -2.85. The standard InChI is InChI=1S/C12H14BrN3O3S/c13-8-5-10-11(16-12(17)15-10)6-9(8)14-7-1-3-20(18,19)4-2-7/h5-7,14H,1-4H2,(H2,15,16,17). The van der Waals surface area contributed by atoms with Crippen LogP contribution in [0.25, 0.3) is 11.0 Å². The van der Waals surface area contributed by atoms with Crippen molar-refractivity contribution in [1.29, 1.82) is 0 Å². The van der Waals surface area contributed by atoms with E-state index < -0.39 is 9.84 Å². The summed E-state index contributed by atoms with van der Waals surface area (Å²) in [6, 6.07) is 3.81. The Morgan fingerprint density at radius 3 is 2.40 bits per heavy atom. The number of aromatic amines is 2. The summed E-state index contributed by atoms with van der Waals surface area (Å²) in [5.74, 6) is 0.455. The van der Waals surface area contributed by atoms with Crippen LogP contribution in [0.3, 0.4) is 0 Å². The highest BCUT2D eigenvalue weighted by Gasteiger charge is 2.23.